The topological polar surface area (TPSA) is 92.1 Å². The van der Waals surface area contributed by atoms with Gasteiger partial charge in [0.2, 0.25) is 0 Å². The summed E-state index contributed by atoms with van der Waals surface area (Å²) in [5.74, 6) is -0.357. The summed E-state index contributed by atoms with van der Waals surface area (Å²) in [4.78, 5) is 25.0. The lowest BCUT2D eigenvalue weighted by molar-refractivity contribution is 0.0471. The van der Waals surface area contributed by atoms with Crippen LogP contribution < -0.4 is 11.3 Å². The largest absolute Gasteiger partial charge is 0.457 e. The molecule has 0 saturated carbocycles. The van der Waals surface area contributed by atoms with E-state index in [1.807, 2.05) is 59.3 Å². The first-order valence-corrected chi connectivity index (χ1v) is 12.8. The number of esters is 1. The van der Waals surface area contributed by atoms with Crippen molar-refractivity contribution >= 4 is 5.97 Å². The van der Waals surface area contributed by atoms with Gasteiger partial charge in [0.25, 0.3) is 5.56 Å². The van der Waals surface area contributed by atoms with Gasteiger partial charge in [-0.3, -0.25) is 9.48 Å². The molecule has 7 heteroatoms. The molecule has 0 aliphatic heterocycles. The van der Waals surface area contributed by atoms with Crippen LogP contribution in [-0.4, -0.2) is 20.3 Å². The summed E-state index contributed by atoms with van der Waals surface area (Å²) in [6.07, 6.45) is 7.47. The smallest absolute Gasteiger partial charge is 0.341 e. The summed E-state index contributed by atoms with van der Waals surface area (Å²) in [7, 11) is 0. The fraction of sp³-hybridized carbons (Fsp3) is 0.300. The fourth-order valence-electron chi connectivity index (χ4n) is 4.16. The maximum absolute atomic E-state index is 13.0. The van der Waals surface area contributed by atoms with Crippen LogP contribution in [0, 0.1) is 0 Å². The van der Waals surface area contributed by atoms with E-state index < -0.39 is 0 Å². The number of pyridine rings is 1. The summed E-state index contributed by atoms with van der Waals surface area (Å²) < 4.78 is 9.12. The molecule has 0 aliphatic carbocycles. The Morgan fingerprint density at radius 1 is 0.892 bits per heavy atom. The van der Waals surface area contributed by atoms with E-state index in [1.54, 1.807) is 29.1 Å². The lowest BCUT2D eigenvalue weighted by Crippen LogP contribution is -2.18. The molecule has 4 rings (SSSR count). The molecule has 2 heterocycles. The zero-order chi connectivity index (χ0) is 26.0. The Hall–Kier alpha value is -3.97. The maximum atomic E-state index is 13.0. The van der Waals surface area contributed by atoms with Crippen LogP contribution in [-0.2, 0) is 37.4 Å². The molecular weight excluding hydrogens is 464 g/mol. The van der Waals surface area contributed by atoms with Crippen molar-refractivity contribution in [3.8, 4) is 0 Å². The zero-order valence-corrected chi connectivity index (χ0v) is 21.3. The van der Waals surface area contributed by atoms with Crippen molar-refractivity contribution in [2.45, 2.75) is 58.8 Å². The SMILES string of the molecule is CCCCCc1nn(Cc2ccc(Cn3ccccc3=O)cc2)cc1C(=O)OCc1ccc(CN)cc1. The molecule has 2 N–H and O–H groups in total. The number of rotatable bonds is 12. The molecule has 4 aromatic rings. The van der Waals surface area contributed by atoms with Crippen LogP contribution in [0.2, 0.25) is 0 Å². The first kappa shape index (κ1) is 26.1. The number of hydrogen-bond acceptors (Lipinski definition) is 5. The summed E-state index contributed by atoms with van der Waals surface area (Å²) in [5, 5.41) is 4.73. The van der Waals surface area contributed by atoms with Crippen LogP contribution in [0.3, 0.4) is 0 Å². The average Bonchev–Trinajstić information content (AvgIpc) is 3.32. The highest BCUT2D eigenvalue weighted by atomic mass is 16.5. The second-order valence-electron chi connectivity index (χ2n) is 9.22. The maximum Gasteiger partial charge on any atom is 0.341 e. The number of nitrogens with zero attached hydrogens (tertiary/aromatic N) is 3. The lowest BCUT2D eigenvalue weighted by atomic mass is 10.1. The number of unbranched alkanes of at least 4 members (excludes halogenated alkanes) is 2. The first-order valence-electron chi connectivity index (χ1n) is 12.8. The van der Waals surface area contributed by atoms with Crippen molar-refractivity contribution in [1.29, 1.82) is 0 Å². The van der Waals surface area contributed by atoms with E-state index in [0.717, 1.165) is 53.6 Å². The zero-order valence-electron chi connectivity index (χ0n) is 21.3. The Bertz CT molecular complexity index is 1350. The molecule has 37 heavy (non-hydrogen) atoms. The highest BCUT2D eigenvalue weighted by molar-refractivity contribution is 5.90. The number of aryl methyl sites for hydroxylation is 1. The van der Waals surface area contributed by atoms with Gasteiger partial charge in [0.1, 0.15) is 12.2 Å². The Morgan fingerprint density at radius 2 is 1.57 bits per heavy atom. The number of nitrogens with two attached hydrogens (primary N) is 1. The molecule has 0 bridgehead atoms. The Morgan fingerprint density at radius 3 is 2.24 bits per heavy atom. The van der Waals surface area contributed by atoms with Crippen molar-refractivity contribution in [2.75, 3.05) is 0 Å². The lowest BCUT2D eigenvalue weighted by Gasteiger charge is -2.07. The first-order chi connectivity index (χ1) is 18.1. The third-order valence-corrected chi connectivity index (χ3v) is 6.32. The Balaban J connectivity index is 1.44. The van der Waals surface area contributed by atoms with Crippen LogP contribution in [0.25, 0.3) is 0 Å². The molecule has 192 valence electrons. The highest BCUT2D eigenvalue weighted by Crippen LogP contribution is 2.16. The molecule has 0 aliphatic rings. The van der Waals surface area contributed by atoms with Gasteiger partial charge in [0.15, 0.2) is 0 Å². The van der Waals surface area contributed by atoms with E-state index in [4.69, 9.17) is 15.6 Å². The standard InChI is InChI=1S/C30H34N4O3/c1-2-3-4-7-28-27(30(36)37-22-26-15-9-23(18-31)10-16-26)21-34(32-28)20-25-13-11-24(12-14-25)19-33-17-6-5-8-29(33)35/h5-6,8-17,21H,2-4,7,18-20,22,31H2,1H3. The van der Waals surface area contributed by atoms with Gasteiger partial charge in [-0.1, -0.05) is 74.4 Å². The average molecular weight is 499 g/mol. The van der Waals surface area contributed by atoms with Crippen molar-refractivity contribution in [3.05, 3.63) is 123 Å². The molecule has 0 unspecified atom stereocenters. The highest BCUT2D eigenvalue weighted by Gasteiger charge is 2.18. The van der Waals surface area contributed by atoms with E-state index in [2.05, 4.69) is 6.92 Å². The van der Waals surface area contributed by atoms with Crippen molar-refractivity contribution in [1.82, 2.24) is 14.3 Å². The van der Waals surface area contributed by atoms with Gasteiger partial charge in [-0.15, -0.1) is 0 Å². The van der Waals surface area contributed by atoms with E-state index in [1.165, 1.54) is 0 Å². The van der Waals surface area contributed by atoms with Crippen LogP contribution in [0.4, 0.5) is 0 Å². The molecule has 0 atom stereocenters. The van der Waals surface area contributed by atoms with Gasteiger partial charge in [0, 0.05) is 25.0 Å². The van der Waals surface area contributed by atoms with Gasteiger partial charge in [-0.25, -0.2) is 4.79 Å². The molecule has 0 fully saturated rings. The van der Waals surface area contributed by atoms with Gasteiger partial charge >= 0.3 is 5.97 Å². The minimum Gasteiger partial charge on any atom is -0.457 e. The van der Waals surface area contributed by atoms with E-state index in [9.17, 15) is 9.59 Å². The van der Waals surface area contributed by atoms with Crippen LogP contribution in [0.5, 0.6) is 0 Å². The molecule has 0 saturated heterocycles. The number of carbonyl (C=O) groups excluding carboxylic acids is 1. The molecular formula is C30H34N4O3. The van der Waals surface area contributed by atoms with E-state index in [0.29, 0.717) is 25.2 Å². The number of carbonyl (C=O) groups is 1. The number of aromatic nitrogens is 3. The van der Waals surface area contributed by atoms with Gasteiger partial charge < -0.3 is 15.0 Å². The quantitative estimate of drug-likeness (QED) is 0.226. The van der Waals surface area contributed by atoms with Gasteiger partial charge in [-0.05, 0) is 41.2 Å². The van der Waals surface area contributed by atoms with E-state index >= 15 is 0 Å². The molecule has 2 aromatic carbocycles. The molecule has 0 radical (unpaired) electrons. The van der Waals surface area contributed by atoms with Crippen LogP contribution >= 0.6 is 0 Å². The summed E-state index contributed by atoms with van der Waals surface area (Å²) in [6.45, 7) is 3.90. The minimum absolute atomic E-state index is 0.0225. The van der Waals surface area contributed by atoms with Crippen LogP contribution in [0.1, 0.15) is 64.5 Å². The second kappa shape index (κ2) is 12.8. The Labute approximate surface area is 217 Å². The molecule has 7 nitrogen and oxygen atoms in total. The third-order valence-electron chi connectivity index (χ3n) is 6.32. The Kier molecular flexibility index (Phi) is 9.05. The van der Waals surface area contributed by atoms with Crippen molar-refractivity contribution in [3.63, 3.8) is 0 Å². The summed E-state index contributed by atoms with van der Waals surface area (Å²) in [5.41, 5.74) is 11.0. The number of ether oxygens (including phenoxy) is 1. The number of hydrogen-bond donors (Lipinski definition) is 1. The van der Waals surface area contributed by atoms with Crippen molar-refractivity contribution in [2.24, 2.45) is 5.73 Å². The normalized spacial score (nSPS) is 11.0. The monoisotopic (exact) mass is 498 g/mol. The third kappa shape index (κ3) is 7.27. The van der Waals surface area contributed by atoms with E-state index in [-0.39, 0.29) is 18.1 Å². The van der Waals surface area contributed by atoms with Gasteiger partial charge in [0.05, 0.1) is 18.8 Å². The fourth-order valence-corrected chi connectivity index (χ4v) is 4.16. The van der Waals surface area contributed by atoms with Crippen molar-refractivity contribution < 1.29 is 9.53 Å². The molecule has 0 spiro atoms. The van der Waals surface area contributed by atoms with Gasteiger partial charge in [-0.2, -0.15) is 5.10 Å². The predicted octanol–water partition coefficient (Wildman–Crippen LogP) is 4.69. The van der Waals surface area contributed by atoms with Crippen LogP contribution in [0.15, 0.2) is 83.9 Å². The minimum atomic E-state index is -0.357. The summed E-state index contributed by atoms with van der Waals surface area (Å²) >= 11 is 0. The predicted molar refractivity (Wildman–Crippen MR) is 144 cm³/mol. The molecule has 0 amide bonds. The number of benzene rings is 2. The second-order valence-corrected chi connectivity index (χ2v) is 9.22. The summed E-state index contributed by atoms with van der Waals surface area (Å²) in [6, 6.07) is 21.0. The molecule has 2 aromatic heterocycles.